The van der Waals surface area contributed by atoms with Gasteiger partial charge in [0.05, 0.1) is 5.03 Å². The van der Waals surface area contributed by atoms with Crippen LogP contribution in [0.2, 0.25) is 5.02 Å². The zero-order valence-electron chi connectivity index (χ0n) is 6.88. The summed E-state index contributed by atoms with van der Waals surface area (Å²) in [6, 6.07) is 4.53. The van der Waals surface area contributed by atoms with E-state index < -0.39 is 0 Å². The van der Waals surface area contributed by atoms with Gasteiger partial charge in [-0.25, -0.2) is 0 Å². The summed E-state index contributed by atoms with van der Waals surface area (Å²) in [4.78, 5) is 22.9. The van der Waals surface area contributed by atoms with Crippen LogP contribution in [0, 0.1) is 0 Å². The maximum absolute atomic E-state index is 11.5. The number of carbonyl (C=O) groups excluding carboxylic acids is 2. The largest absolute Gasteiger partial charge is 0.289 e. The number of Topliss-reactive ketones (excluding diaryl/α,β-unsaturated/α-hetero) is 1. The number of fused-ring (bicyclic) bond motifs is 1. The summed E-state index contributed by atoms with van der Waals surface area (Å²) in [5.74, 6) is -0.620. The predicted octanol–water partition coefficient (Wildman–Crippen LogP) is 2.84. The molecule has 2 nitrogen and oxygen atoms in total. The molecule has 1 aliphatic carbocycles. The van der Waals surface area contributed by atoms with Gasteiger partial charge in [-0.3, -0.25) is 9.59 Å². The van der Waals surface area contributed by atoms with Crippen LogP contribution in [0.4, 0.5) is 0 Å². The molecule has 0 N–H and O–H groups in total. The van der Waals surface area contributed by atoms with E-state index in [9.17, 15) is 9.59 Å². The molecule has 0 fully saturated rings. The molecule has 14 heavy (non-hydrogen) atoms. The van der Waals surface area contributed by atoms with Gasteiger partial charge in [-0.05, 0) is 18.2 Å². The number of halogens is 2. The van der Waals surface area contributed by atoms with Crippen LogP contribution in [0.25, 0.3) is 0 Å². The number of carbonyl (C=O) groups is 2. The minimum atomic E-state index is -0.335. The third-order valence-electron chi connectivity index (χ3n) is 1.97. The van der Waals surface area contributed by atoms with E-state index in [1.807, 2.05) is 0 Å². The van der Waals surface area contributed by atoms with Crippen molar-refractivity contribution in [3.8, 4) is 0 Å². The maximum Gasteiger partial charge on any atom is 0.205 e. The highest BCUT2D eigenvalue weighted by Crippen LogP contribution is 2.25. The molecule has 4 heteroatoms. The van der Waals surface area contributed by atoms with E-state index in [1.165, 1.54) is 12.1 Å². The molecular formula is C10H4Cl2O2. The van der Waals surface area contributed by atoms with Gasteiger partial charge in [0.15, 0.2) is 5.78 Å². The summed E-state index contributed by atoms with van der Waals surface area (Å²) in [6.45, 7) is 0. The molecule has 0 unspecified atom stereocenters. The topological polar surface area (TPSA) is 34.1 Å². The quantitative estimate of drug-likeness (QED) is 0.682. The van der Waals surface area contributed by atoms with Crippen molar-refractivity contribution in [3.63, 3.8) is 0 Å². The van der Waals surface area contributed by atoms with E-state index in [4.69, 9.17) is 23.2 Å². The number of ketones is 2. The standard InChI is InChI=1S/C10H4Cl2O2/c11-5-1-2-6-7(3-5)9(13)4-8(12)10(6)14/h1-4H. The summed E-state index contributed by atoms with van der Waals surface area (Å²) >= 11 is 11.3. The molecule has 0 atom stereocenters. The van der Waals surface area contributed by atoms with Crippen molar-refractivity contribution in [2.24, 2.45) is 0 Å². The molecule has 0 aliphatic heterocycles. The Labute approximate surface area is 90.1 Å². The first-order valence-electron chi connectivity index (χ1n) is 3.85. The molecule has 1 aromatic rings. The number of hydrogen-bond donors (Lipinski definition) is 0. The lowest BCUT2D eigenvalue weighted by Gasteiger charge is -2.10. The molecule has 1 aromatic carbocycles. The van der Waals surface area contributed by atoms with Crippen molar-refractivity contribution in [1.82, 2.24) is 0 Å². The Morgan fingerprint density at radius 3 is 2.43 bits per heavy atom. The van der Waals surface area contributed by atoms with E-state index in [-0.39, 0.29) is 16.6 Å². The first kappa shape index (κ1) is 9.44. The van der Waals surface area contributed by atoms with Crippen LogP contribution in [0.5, 0.6) is 0 Å². The summed E-state index contributed by atoms with van der Waals surface area (Å²) < 4.78 is 0. The van der Waals surface area contributed by atoms with Crippen molar-refractivity contribution in [3.05, 3.63) is 45.5 Å². The fourth-order valence-electron chi connectivity index (χ4n) is 1.31. The second-order valence-electron chi connectivity index (χ2n) is 2.88. The highest BCUT2D eigenvalue weighted by atomic mass is 35.5. The van der Waals surface area contributed by atoms with Crippen LogP contribution in [-0.2, 0) is 0 Å². The molecule has 1 aliphatic rings. The average Bonchev–Trinajstić information content (AvgIpc) is 2.14. The van der Waals surface area contributed by atoms with Gasteiger partial charge in [-0.15, -0.1) is 0 Å². The van der Waals surface area contributed by atoms with Gasteiger partial charge < -0.3 is 0 Å². The van der Waals surface area contributed by atoms with Crippen LogP contribution < -0.4 is 0 Å². The minimum absolute atomic E-state index is 0.0511. The van der Waals surface area contributed by atoms with E-state index >= 15 is 0 Å². The van der Waals surface area contributed by atoms with Gasteiger partial charge in [0, 0.05) is 22.2 Å². The fourth-order valence-corrected chi connectivity index (χ4v) is 1.68. The van der Waals surface area contributed by atoms with Crippen LogP contribution in [0.1, 0.15) is 20.7 Å². The Morgan fingerprint density at radius 2 is 1.71 bits per heavy atom. The second kappa shape index (κ2) is 3.23. The third kappa shape index (κ3) is 1.37. The lowest BCUT2D eigenvalue weighted by molar-refractivity contribution is 0.0990. The molecule has 0 saturated carbocycles. The van der Waals surface area contributed by atoms with Gasteiger partial charge in [0.1, 0.15) is 0 Å². The molecule has 0 saturated heterocycles. The predicted molar refractivity (Wildman–Crippen MR) is 54.0 cm³/mol. The normalized spacial score (nSPS) is 15.1. The molecule has 0 amide bonds. The van der Waals surface area contributed by atoms with E-state index in [2.05, 4.69) is 0 Å². The van der Waals surface area contributed by atoms with Crippen LogP contribution in [0.3, 0.4) is 0 Å². The number of benzene rings is 1. The number of allylic oxidation sites excluding steroid dienone is 2. The maximum atomic E-state index is 11.5. The van der Waals surface area contributed by atoms with Gasteiger partial charge in [-0.2, -0.15) is 0 Å². The Kier molecular flexibility index (Phi) is 2.17. The van der Waals surface area contributed by atoms with Crippen molar-refractivity contribution in [1.29, 1.82) is 0 Å². The summed E-state index contributed by atoms with van der Waals surface area (Å²) in [5, 5.41) is 0.376. The third-order valence-corrected chi connectivity index (χ3v) is 2.48. The second-order valence-corrected chi connectivity index (χ2v) is 3.72. The highest BCUT2D eigenvalue weighted by Gasteiger charge is 2.24. The lowest BCUT2D eigenvalue weighted by Crippen LogP contribution is -2.14. The lowest BCUT2D eigenvalue weighted by atomic mass is 9.95. The summed E-state index contributed by atoms with van der Waals surface area (Å²) in [7, 11) is 0. The van der Waals surface area contributed by atoms with Crippen LogP contribution >= 0.6 is 23.2 Å². The SMILES string of the molecule is O=C1C=C(Cl)C(=O)c2ccc(Cl)cc21. The molecule has 0 spiro atoms. The van der Waals surface area contributed by atoms with E-state index in [1.54, 1.807) is 6.07 Å². The van der Waals surface area contributed by atoms with Crippen molar-refractivity contribution >= 4 is 34.8 Å². The molecule has 0 heterocycles. The fraction of sp³-hybridized carbons (Fsp3) is 0. The first-order valence-corrected chi connectivity index (χ1v) is 4.61. The number of hydrogen-bond acceptors (Lipinski definition) is 2. The zero-order valence-corrected chi connectivity index (χ0v) is 8.39. The zero-order chi connectivity index (χ0) is 10.3. The molecule has 0 aromatic heterocycles. The van der Waals surface area contributed by atoms with Crippen molar-refractivity contribution in [2.45, 2.75) is 0 Å². The molecule has 0 bridgehead atoms. The average molecular weight is 227 g/mol. The highest BCUT2D eigenvalue weighted by molar-refractivity contribution is 6.49. The Bertz CT molecular complexity index is 475. The Hall–Kier alpha value is -1.12. The Morgan fingerprint density at radius 1 is 1.00 bits per heavy atom. The molecule has 0 radical (unpaired) electrons. The van der Waals surface area contributed by atoms with E-state index in [0.717, 1.165) is 6.08 Å². The smallest absolute Gasteiger partial charge is 0.205 e. The van der Waals surface area contributed by atoms with E-state index in [0.29, 0.717) is 16.1 Å². The van der Waals surface area contributed by atoms with Crippen LogP contribution in [-0.4, -0.2) is 11.6 Å². The summed E-state index contributed by atoms with van der Waals surface area (Å²) in [5.41, 5.74) is 0.624. The molecule has 2 rings (SSSR count). The Balaban J connectivity index is 2.69. The van der Waals surface area contributed by atoms with Crippen LogP contribution in [0.15, 0.2) is 29.3 Å². The van der Waals surface area contributed by atoms with Gasteiger partial charge in [0.2, 0.25) is 5.78 Å². The van der Waals surface area contributed by atoms with Gasteiger partial charge >= 0.3 is 0 Å². The molecular weight excluding hydrogens is 223 g/mol. The monoisotopic (exact) mass is 226 g/mol. The van der Waals surface area contributed by atoms with Crippen molar-refractivity contribution < 1.29 is 9.59 Å². The van der Waals surface area contributed by atoms with Crippen molar-refractivity contribution in [2.75, 3.05) is 0 Å². The summed E-state index contributed by atoms with van der Waals surface area (Å²) in [6.07, 6.45) is 1.11. The first-order chi connectivity index (χ1) is 6.59. The van der Waals surface area contributed by atoms with Gasteiger partial charge in [-0.1, -0.05) is 23.2 Å². The van der Waals surface area contributed by atoms with Gasteiger partial charge in [0.25, 0.3) is 0 Å². The number of rotatable bonds is 0. The molecule has 70 valence electrons. The minimum Gasteiger partial charge on any atom is -0.289 e.